The molecule has 0 aliphatic carbocycles. The van der Waals surface area contributed by atoms with E-state index in [9.17, 15) is 10.1 Å². The first-order chi connectivity index (χ1) is 15.6. The normalized spacial score (nSPS) is 10.3. The molecule has 0 radical (unpaired) electrons. The third kappa shape index (κ3) is 4.07. The fourth-order valence-electron chi connectivity index (χ4n) is 3.59. The molecule has 0 fully saturated rings. The second-order valence-electron chi connectivity index (χ2n) is 7.15. The van der Waals surface area contributed by atoms with Crippen LogP contribution in [0.5, 0.6) is 5.75 Å². The minimum Gasteiger partial charge on any atom is -0.497 e. The lowest BCUT2D eigenvalue weighted by atomic mass is 9.98. The van der Waals surface area contributed by atoms with Crippen LogP contribution >= 0.6 is 0 Å². The van der Waals surface area contributed by atoms with Gasteiger partial charge in [0.05, 0.1) is 18.5 Å². The van der Waals surface area contributed by atoms with Crippen LogP contribution in [-0.4, -0.2) is 18.0 Å². The van der Waals surface area contributed by atoms with E-state index in [2.05, 4.69) is 6.07 Å². The predicted molar refractivity (Wildman–Crippen MR) is 126 cm³/mol. The average molecular weight is 419 g/mol. The minimum absolute atomic E-state index is 0.247. The molecule has 0 unspecified atom stereocenters. The minimum atomic E-state index is -0.247. The van der Waals surface area contributed by atoms with Crippen molar-refractivity contribution in [2.45, 2.75) is 6.92 Å². The third-order valence-corrected chi connectivity index (χ3v) is 5.12. The van der Waals surface area contributed by atoms with Crippen LogP contribution in [0.1, 0.15) is 12.5 Å². The van der Waals surface area contributed by atoms with E-state index in [0.29, 0.717) is 28.5 Å². The van der Waals surface area contributed by atoms with Crippen LogP contribution < -0.4 is 9.64 Å². The maximum Gasteiger partial charge on any atom is 0.229 e. The smallest absolute Gasteiger partial charge is 0.229 e. The summed E-state index contributed by atoms with van der Waals surface area (Å²) in [4.78, 5) is 19.1. The number of ether oxygens (including phenoxy) is 1. The van der Waals surface area contributed by atoms with Crippen LogP contribution in [-0.2, 0) is 4.79 Å². The molecule has 0 saturated carbocycles. The molecule has 1 heterocycles. The van der Waals surface area contributed by atoms with Gasteiger partial charge < -0.3 is 4.74 Å². The molecular formula is C27H21N3O2. The van der Waals surface area contributed by atoms with Gasteiger partial charge in [-0.1, -0.05) is 60.7 Å². The van der Waals surface area contributed by atoms with E-state index >= 15 is 0 Å². The molecule has 156 valence electrons. The molecule has 1 amide bonds. The molecule has 32 heavy (non-hydrogen) atoms. The Hall–Kier alpha value is -4.43. The van der Waals surface area contributed by atoms with E-state index in [1.54, 1.807) is 31.4 Å². The number of carbonyl (C=O) groups is 1. The lowest BCUT2D eigenvalue weighted by molar-refractivity contribution is -0.115. The van der Waals surface area contributed by atoms with Gasteiger partial charge >= 0.3 is 0 Å². The van der Waals surface area contributed by atoms with Crippen molar-refractivity contribution in [1.29, 1.82) is 5.26 Å². The number of hydrogen-bond donors (Lipinski definition) is 0. The molecule has 4 rings (SSSR count). The zero-order valence-electron chi connectivity index (χ0n) is 17.8. The van der Waals surface area contributed by atoms with Gasteiger partial charge in [-0.15, -0.1) is 0 Å². The van der Waals surface area contributed by atoms with Crippen molar-refractivity contribution in [2.24, 2.45) is 0 Å². The maximum atomic E-state index is 12.8. The Morgan fingerprint density at radius 1 is 0.906 bits per heavy atom. The topological polar surface area (TPSA) is 66.2 Å². The summed E-state index contributed by atoms with van der Waals surface area (Å²) in [5.41, 5.74) is 4.11. The highest BCUT2D eigenvalue weighted by Crippen LogP contribution is 2.37. The predicted octanol–water partition coefficient (Wildman–Crippen LogP) is 5.98. The van der Waals surface area contributed by atoms with Gasteiger partial charge in [-0.3, -0.25) is 9.69 Å². The molecule has 5 heteroatoms. The number of nitrogens with zero attached hydrogens (tertiary/aromatic N) is 3. The Morgan fingerprint density at radius 3 is 2.03 bits per heavy atom. The Morgan fingerprint density at radius 2 is 1.50 bits per heavy atom. The number of rotatable bonds is 5. The molecule has 3 aromatic carbocycles. The number of hydrogen-bond acceptors (Lipinski definition) is 4. The van der Waals surface area contributed by atoms with E-state index in [4.69, 9.17) is 9.72 Å². The number of benzene rings is 3. The van der Waals surface area contributed by atoms with Crippen molar-refractivity contribution in [3.05, 3.63) is 96.6 Å². The van der Waals surface area contributed by atoms with Gasteiger partial charge in [-0.05, 0) is 35.9 Å². The van der Waals surface area contributed by atoms with Gasteiger partial charge in [0.2, 0.25) is 5.91 Å². The van der Waals surface area contributed by atoms with Crippen molar-refractivity contribution >= 4 is 17.4 Å². The van der Waals surface area contributed by atoms with Crippen LogP contribution in [0.15, 0.2) is 91.0 Å². The van der Waals surface area contributed by atoms with Crippen LogP contribution in [0.3, 0.4) is 0 Å². The average Bonchev–Trinajstić information content (AvgIpc) is 2.85. The highest BCUT2D eigenvalue weighted by atomic mass is 16.5. The molecule has 0 atom stereocenters. The standard InChI is InChI=1S/C27H21N3O2/c1-19(31)30(22-13-15-23(32-2)16-14-22)27-25(18-28)24(20-9-5-3-6-10-20)17-26(29-27)21-11-7-4-8-12-21/h3-17H,1-2H3. The van der Waals surface area contributed by atoms with Crippen molar-refractivity contribution in [3.8, 4) is 34.2 Å². The lowest BCUT2D eigenvalue weighted by Gasteiger charge is -2.23. The van der Waals surface area contributed by atoms with E-state index in [-0.39, 0.29) is 5.91 Å². The zero-order chi connectivity index (χ0) is 22.5. The van der Waals surface area contributed by atoms with Gasteiger partial charge in [0.1, 0.15) is 17.4 Å². The van der Waals surface area contributed by atoms with Gasteiger partial charge in [0.15, 0.2) is 5.82 Å². The highest BCUT2D eigenvalue weighted by molar-refractivity contribution is 6.01. The molecule has 0 N–H and O–H groups in total. The second-order valence-corrected chi connectivity index (χ2v) is 7.15. The summed E-state index contributed by atoms with van der Waals surface area (Å²) in [6.45, 7) is 1.46. The van der Waals surface area contributed by atoms with E-state index in [0.717, 1.165) is 16.7 Å². The Kier molecular flexibility index (Phi) is 5.96. The summed E-state index contributed by atoms with van der Waals surface area (Å²) in [5.74, 6) is 0.725. The number of anilines is 2. The summed E-state index contributed by atoms with van der Waals surface area (Å²) in [5, 5.41) is 10.1. The van der Waals surface area contributed by atoms with E-state index < -0.39 is 0 Å². The van der Waals surface area contributed by atoms with Crippen molar-refractivity contribution in [1.82, 2.24) is 4.98 Å². The molecule has 5 nitrogen and oxygen atoms in total. The lowest BCUT2D eigenvalue weighted by Crippen LogP contribution is -2.25. The van der Waals surface area contributed by atoms with Gasteiger partial charge in [-0.25, -0.2) is 4.98 Å². The zero-order valence-corrected chi connectivity index (χ0v) is 17.8. The van der Waals surface area contributed by atoms with E-state index in [1.165, 1.54) is 11.8 Å². The van der Waals surface area contributed by atoms with Crippen LogP contribution in [0.25, 0.3) is 22.4 Å². The van der Waals surface area contributed by atoms with E-state index in [1.807, 2.05) is 66.7 Å². The Labute approximate surface area is 187 Å². The molecular weight excluding hydrogens is 398 g/mol. The molecule has 0 aliphatic heterocycles. The number of amides is 1. The largest absolute Gasteiger partial charge is 0.497 e. The quantitative estimate of drug-likeness (QED) is 0.399. The number of pyridine rings is 1. The summed E-state index contributed by atoms with van der Waals surface area (Å²) in [7, 11) is 1.59. The second kappa shape index (κ2) is 9.15. The third-order valence-electron chi connectivity index (χ3n) is 5.12. The number of carbonyl (C=O) groups excluding carboxylic acids is 1. The number of nitriles is 1. The Balaban J connectivity index is 2.00. The monoisotopic (exact) mass is 419 g/mol. The van der Waals surface area contributed by atoms with Crippen LogP contribution in [0.4, 0.5) is 11.5 Å². The van der Waals surface area contributed by atoms with Crippen molar-refractivity contribution in [3.63, 3.8) is 0 Å². The molecule has 0 spiro atoms. The molecule has 0 bridgehead atoms. The van der Waals surface area contributed by atoms with Gasteiger partial charge in [0, 0.05) is 18.1 Å². The molecule has 4 aromatic rings. The molecule has 0 saturated heterocycles. The van der Waals surface area contributed by atoms with Crippen molar-refractivity contribution in [2.75, 3.05) is 12.0 Å². The van der Waals surface area contributed by atoms with Gasteiger partial charge in [-0.2, -0.15) is 5.26 Å². The first-order valence-electron chi connectivity index (χ1n) is 10.1. The summed E-state index contributed by atoms with van der Waals surface area (Å²) in [6, 6.07) is 30.7. The molecule has 0 aliphatic rings. The highest BCUT2D eigenvalue weighted by Gasteiger charge is 2.24. The maximum absolute atomic E-state index is 12.8. The van der Waals surface area contributed by atoms with Gasteiger partial charge in [0.25, 0.3) is 0 Å². The summed E-state index contributed by atoms with van der Waals surface area (Å²) in [6.07, 6.45) is 0. The SMILES string of the molecule is COc1ccc(N(C(C)=O)c2nc(-c3ccccc3)cc(-c3ccccc3)c2C#N)cc1. The first kappa shape index (κ1) is 20.8. The van der Waals surface area contributed by atoms with Crippen LogP contribution in [0.2, 0.25) is 0 Å². The summed E-state index contributed by atoms with van der Waals surface area (Å²) < 4.78 is 5.24. The first-order valence-corrected chi connectivity index (χ1v) is 10.1. The number of methoxy groups -OCH3 is 1. The summed E-state index contributed by atoms with van der Waals surface area (Å²) >= 11 is 0. The number of aromatic nitrogens is 1. The van der Waals surface area contributed by atoms with Crippen molar-refractivity contribution < 1.29 is 9.53 Å². The van der Waals surface area contributed by atoms with Crippen LogP contribution in [0, 0.1) is 11.3 Å². The Bertz CT molecular complexity index is 1280. The fourth-order valence-corrected chi connectivity index (χ4v) is 3.59. The molecule has 1 aromatic heterocycles. The fraction of sp³-hybridized carbons (Fsp3) is 0.0741.